The first kappa shape index (κ1) is 9.83. The van der Waals surface area contributed by atoms with Crippen LogP contribution in [0.15, 0.2) is 29.3 Å². The van der Waals surface area contributed by atoms with Gasteiger partial charge in [0.1, 0.15) is 5.75 Å². The van der Waals surface area contributed by atoms with Gasteiger partial charge in [0.05, 0.1) is 13.7 Å². The van der Waals surface area contributed by atoms with Crippen molar-refractivity contribution < 1.29 is 4.74 Å². The number of para-hydroxylation sites is 1. The van der Waals surface area contributed by atoms with E-state index in [2.05, 4.69) is 9.89 Å². The van der Waals surface area contributed by atoms with Crippen LogP contribution in [-0.2, 0) is 6.54 Å². The molecule has 2 rings (SSSR count). The minimum Gasteiger partial charge on any atom is -0.496 e. The Hall–Kier alpha value is -1.71. The van der Waals surface area contributed by atoms with Gasteiger partial charge in [0.2, 0.25) is 0 Å². The van der Waals surface area contributed by atoms with Gasteiger partial charge in [-0.3, -0.25) is 4.99 Å². The lowest BCUT2D eigenvalue weighted by Gasteiger charge is -2.18. The summed E-state index contributed by atoms with van der Waals surface area (Å²) in [4.78, 5) is 6.20. The summed E-state index contributed by atoms with van der Waals surface area (Å²) in [6.45, 7) is 2.45. The number of rotatable bonds is 3. The molecule has 80 valence electrons. The summed E-state index contributed by atoms with van der Waals surface area (Å²) < 4.78 is 5.28. The fraction of sp³-hybridized carbons (Fsp3) is 0.364. The molecular weight excluding hydrogens is 190 g/mol. The van der Waals surface area contributed by atoms with Crippen LogP contribution in [0.2, 0.25) is 0 Å². The van der Waals surface area contributed by atoms with Crippen molar-refractivity contribution in [1.29, 1.82) is 0 Å². The molecule has 0 atom stereocenters. The van der Waals surface area contributed by atoms with Crippen LogP contribution < -0.4 is 10.5 Å². The second kappa shape index (κ2) is 4.21. The minimum atomic E-state index is 0.626. The summed E-state index contributed by atoms with van der Waals surface area (Å²) in [5, 5.41) is 0. The molecule has 1 aliphatic rings. The molecular formula is C11H15N3O. The summed E-state index contributed by atoms with van der Waals surface area (Å²) >= 11 is 0. The first-order chi connectivity index (χ1) is 7.31. The smallest absolute Gasteiger partial charge is 0.191 e. The van der Waals surface area contributed by atoms with Crippen LogP contribution in [-0.4, -0.2) is 31.1 Å². The third-order valence-electron chi connectivity index (χ3n) is 2.52. The molecule has 0 aliphatic carbocycles. The van der Waals surface area contributed by atoms with Crippen LogP contribution in [0.4, 0.5) is 0 Å². The average Bonchev–Trinajstić information content (AvgIpc) is 2.65. The van der Waals surface area contributed by atoms with E-state index in [4.69, 9.17) is 10.5 Å². The Balaban J connectivity index is 2.13. The van der Waals surface area contributed by atoms with Gasteiger partial charge in [-0.1, -0.05) is 18.2 Å². The number of hydrogen-bond donors (Lipinski definition) is 1. The molecule has 15 heavy (non-hydrogen) atoms. The highest BCUT2D eigenvalue weighted by atomic mass is 16.5. The Morgan fingerprint density at radius 1 is 1.47 bits per heavy atom. The quantitative estimate of drug-likeness (QED) is 0.795. The van der Waals surface area contributed by atoms with Crippen LogP contribution in [0.1, 0.15) is 5.56 Å². The van der Waals surface area contributed by atoms with E-state index < -0.39 is 0 Å². The van der Waals surface area contributed by atoms with E-state index in [1.54, 1.807) is 7.11 Å². The summed E-state index contributed by atoms with van der Waals surface area (Å²) in [6, 6.07) is 7.97. The van der Waals surface area contributed by atoms with E-state index in [0.717, 1.165) is 30.9 Å². The third kappa shape index (κ3) is 2.03. The molecule has 0 saturated carbocycles. The van der Waals surface area contributed by atoms with Crippen molar-refractivity contribution in [1.82, 2.24) is 4.90 Å². The Kier molecular flexibility index (Phi) is 2.76. The molecule has 0 amide bonds. The lowest BCUT2D eigenvalue weighted by molar-refractivity contribution is 0.390. The van der Waals surface area contributed by atoms with Crippen LogP contribution in [0.5, 0.6) is 5.75 Å². The lowest BCUT2D eigenvalue weighted by atomic mass is 10.2. The van der Waals surface area contributed by atoms with E-state index in [9.17, 15) is 0 Å². The maximum Gasteiger partial charge on any atom is 0.191 e. The van der Waals surface area contributed by atoms with Gasteiger partial charge < -0.3 is 15.4 Å². The Labute approximate surface area is 89.4 Å². The summed E-state index contributed by atoms with van der Waals surface area (Å²) in [6.07, 6.45) is 0. The van der Waals surface area contributed by atoms with Gasteiger partial charge in [-0.25, -0.2) is 0 Å². The van der Waals surface area contributed by atoms with Crippen LogP contribution in [0.25, 0.3) is 0 Å². The predicted octanol–water partition coefficient (Wildman–Crippen LogP) is 0.825. The minimum absolute atomic E-state index is 0.626. The van der Waals surface area contributed by atoms with Crippen molar-refractivity contribution in [3.8, 4) is 5.75 Å². The van der Waals surface area contributed by atoms with E-state index in [-0.39, 0.29) is 0 Å². The first-order valence-electron chi connectivity index (χ1n) is 4.98. The Morgan fingerprint density at radius 3 is 2.93 bits per heavy atom. The zero-order chi connectivity index (χ0) is 10.7. The van der Waals surface area contributed by atoms with Gasteiger partial charge in [-0.15, -0.1) is 0 Å². The average molecular weight is 205 g/mol. The van der Waals surface area contributed by atoms with Crippen LogP contribution >= 0.6 is 0 Å². The second-order valence-corrected chi connectivity index (χ2v) is 3.47. The van der Waals surface area contributed by atoms with Crippen molar-refractivity contribution in [3.63, 3.8) is 0 Å². The van der Waals surface area contributed by atoms with Crippen molar-refractivity contribution in [2.45, 2.75) is 6.54 Å². The number of benzene rings is 1. The number of nitrogens with two attached hydrogens (primary N) is 1. The molecule has 1 aromatic rings. The second-order valence-electron chi connectivity index (χ2n) is 3.47. The topological polar surface area (TPSA) is 50.8 Å². The molecule has 1 aromatic carbocycles. The molecule has 0 aromatic heterocycles. The summed E-state index contributed by atoms with van der Waals surface area (Å²) in [5.41, 5.74) is 6.89. The van der Waals surface area contributed by atoms with Crippen LogP contribution in [0.3, 0.4) is 0 Å². The maximum atomic E-state index is 5.75. The zero-order valence-corrected chi connectivity index (χ0v) is 8.81. The molecule has 0 saturated heterocycles. The van der Waals surface area contributed by atoms with Crippen molar-refractivity contribution in [2.75, 3.05) is 20.2 Å². The van der Waals surface area contributed by atoms with Gasteiger partial charge in [0.15, 0.2) is 5.96 Å². The molecule has 4 heteroatoms. The SMILES string of the molecule is COc1ccccc1CN1CCN=C1N. The predicted molar refractivity (Wildman–Crippen MR) is 59.9 cm³/mol. The van der Waals surface area contributed by atoms with E-state index >= 15 is 0 Å². The number of methoxy groups -OCH3 is 1. The molecule has 0 fully saturated rings. The number of hydrogen-bond acceptors (Lipinski definition) is 4. The molecule has 0 bridgehead atoms. The van der Waals surface area contributed by atoms with Gasteiger partial charge >= 0.3 is 0 Å². The summed E-state index contributed by atoms with van der Waals surface area (Å²) in [7, 11) is 1.68. The van der Waals surface area contributed by atoms with Gasteiger partial charge in [0, 0.05) is 18.7 Å². The third-order valence-corrected chi connectivity index (χ3v) is 2.52. The largest absolute Gasteiger partial charge is 0.496 e. The molecule has 1 heterocycles. The standard InChI is InChI=1S/C11H15N3O/c1-15-10-5-3-2-4-9(10)8-14-7-6-13-11(14)12/h2-5H,6-8H2,1H3,(H2,12,13). The zero-order valence-electron chi connectivity index (χ0n) is 8.81. The normalized spacial score (nSPS) is 15.3. The van der Waals surface area contributed by atoms with Crippen molar-refractivity contribution in [2.24, 2.45) is 10.7 Å². The van der Waals surface area contributed by atoms with Gasteiger partial charge in [-0.05, 0) is 6.07 Å². The number of guanidine groups is 1. The summed E-state index contributed by atoms with van der Waals surface area (Å²) in [5.74, 6) is 1.53. The molecule has 1 aliphatic heterocycles. The lowest BCUT2D eigenvalue weighted by Crippen LogP contribution is -2.33. The molecule has 0 radical (unpaired) electrons. The van der Waals surface area contributed by atoms with Gasteiger partial charge in [-0.2, -0.15) is 0 Å². The number of ether oxygens (including phenoxy) is 1. The Bertz CT molecular complexity index is 376. The van der Waals surface area contributed by atoms with E-state index in [1.165, 1.54) is 0 Å². The first-order valence-corrected chi connectivity index (χ1v) is 4.98. The van der Waals surface area contributed by atoms with E-state index in [0.29, 0.717) is 5.96 Å². The van der Waals surface area contributed by atoms with Crippen molar-refractivity contribution >= 4 is 5.96 Å². The fourth-order valence-corrected chi connectivity index (χ4v) is 1.70. The monoisotopic (exact) mass is 205 g/mol. The number of nitrogens with zero attached hydrogens (tertiary/aromatic N) is 2. The highest BCUT2D eigenvalue weighted by Crippen LogP contribution is 2.19. The van der Waals surface area contributed by atoms with Crippen molar-refractivity contribution in [3.05, 3.63) is 29.8 Å². The fourth-order valence-electron chi connectivity index (χ4n) is 1.70. The Morgan fingerprint density at radius 2 is 2.27 bits per heavy atom. The van der Waals surface area contributed by atoms with E-state index in [1.807, 2.05) is 24.3 Å². The highest BCUT2D eigenvalue weighted by molar-refractivity contribution is 5.79. The highest BCUT2D eigenvalue weighted by Gasteiger charge is 2.15. The molecule has 0 unspecified atom stereocenters. The molecule has 4 nitrogen and oxygen atoms in total. The molecule has 2 N–H and O–H groups in total. The number of aliphatic imine (C=N–C) groups is 1. The molecule has 0 spiro atoms. The maximum absolute atomic E-state index is 5.75. The van der Waals surface area contributed by atoms with Gasteiger partial charge in [0.25, 0.3) is 0 Å². The van der Waals surface area contributed by atoms with Crippen LogP contribution in [0, 0.1) is 0 Å².